The Bertz CT molecular complexity index is 1020. The molecule has 1 fully saturated rings. The lowest BCUT2D eigenvalue weighted by atomic mass is 9.74. The lowest BCUT2D eigenvalue weighted by Gasteiger charge is -2.35. The standard InChI is InChI=1S/C21H29ClN4O.C4H6O3/c1-5-21(6-2,14-15(3)27)19-17-13-16(22)7-8-18(17)23-20(24-19)26-11-9-25(4)10-12-26;1-3(5)7-4(2)6/h7-8,13H,5-6,9-12,14H2,1-4H3;1-2H3. The Morgan fingerprint density at radius 1 is 1.00 bits per heavy atom. The molecular weight excluding hydrogens is 456 g/mol. The minimum atomic E-state index is -0.562. The molecule has 0 amide bonds. The first-order valence-corrected chi connectivity index (χ1v) is 12.0. The van der Waals surface area contributed by atoms with Crippen molar-refractivity contribution in [1.29, 1.82) is 0 Å². The molecule has 0 aliphatic carbocycles. The summed E-state index contributed by atoms with van der Waals surface area (Å²) in [6.45, 7) is 12.1. The molecule has 0 saturated carbocycles. The number of nitrogens with zero attached hydrogens (tertiary/aromatic N) is 4. The van der Waals surface area contributed by atoms with E-state index in [1.165, 1.54) is 13.8 Å². The number of esters is 2. The van der Waals surface area contributed by atoms with Gasteiger partial charge in [-0.2, -0.15) is 0 Å². The van der Waals surface area contributed by atoms with E-state index in [1.54, 1.807) is 6.92 Å². The number of hydrogen-bond donors (Lipinski definition) is 0. The Balaban J connectivity index is 0.000000509. The maximum Gasteiger partial charge on any atom is 0.310 e. The Kier molecular flexibility index (Phi) is 9.94. The van der Waals surface area contributed by atoms with Gasteiger partial charge in [0.2, 0.25) is 5.95 Å². The quantitative estimate of drug-likeness (QED) is 0.440. The topological polar surface area (TPSA) is 92.7 Å². The van der Waals surface area contributed by atoms with Crippen LogP contribution in [0.3, 0.4) is 0 Å². The Hall–Kier alpha value is -2.58. The number of ether oxygens (including phenoxy) is 1. The van der Waals surface area contributed by atoms with Crippen LogP contribution >= 0.6 is 11.6 Å². The first kappa shape index (κ1) is 27.7. The number of rotatable bonds is 6. The average Bonchev–Trinajstić information content (AvgIpc) is 2.77. The second-order valence-electron chi connectivity index (χ2n) is 8.78. The molecule has 1 aliphatic heterocycles. The van der Waals surface area contributed by atoms with Crippen molar-refractivity contribution in [1.82, 2.24) is 14.9 Å². The molecule has 1 aromatic carbocycles. The van der Waals surface area contributed by atoms with Gasteiger partial charge in [0.1, 0.15) is 5.78 Å². The van der Waals surface area contributed by atoms with E-state index in [-0.39, 0.29) is 11.2 Å². The molecule has 8 nitrogen and oxygen atoms in total. The van der Waals surface area contributed by atoms with Crippen LogP contribution in [0.1, 0.15) is 59.6 Å². The van der Waals surface area contributed by atoms with Gasteiger partial charge in [-0.25, -0.2) is 9.97 Å². The highest BCUT2D eigenvalue weighted by Gasteiger charge is 2.34. The van der Waals surface area contributed by atoms with E-state index in [1.807, 2.05) is 18.2 Å². The molecule has 9 heteroatoms. The molecule has 1 aromatic heterocycles. The van der Waals surface area contributed by atoms with Crippen LogP contribution in [0, 0.1) is 0 Å². The number of anilines is 1. The average molecular weight is 491 g/mol. The van der Waals surface area contributed by atoms with Gasteiger partial charge in [0.15, 0.2) is 0 Å². The van der Waals surface area contributed by atoms with Gasteiger partial charge in [-0.1, -0.05) is 25.4 Å². The molecule has 34 heavy (non-hydrogen) atoms. The third-order valence-electron chi connectivity index (χ3n) is 6.16. The summed E-state index contributed by atoms with van der Waals surface area (Å²) >= 11 is 6.30. The number of fused-ring (bicyclic) bond motifs is 1. The Morgan fingerprint density at radius 3 is 2.06 bits per heavy atom. The minimum absolute atomic E-state index is 0.189. The van der Waals surface area contributed by atoms with Crippen LogP contribution in [0.5, 0.6) is 0 Å². The summed E-state index contributed by atoms with van der Waals surface area (Å²) in [4.78, 5) is 46.2. The summed E-state index contributed by atoms with van der Waals surface area (Å²) in [5.74, 6) is -0.170. The molecule has 0 unspecified atom stereocenters. The van der Waals surface area contributed by atoms with Gasteiger partial charge in [0, 0.05) is 62.3 Å². The molecule has 0 spiro atoms. The minimum Gasteiger partial charge on any atom is -0.394 e. The van der Waals surface area contributed by atoms with Crippen molar-refractivity contribution < 1.29 is 19.1 Å². The number of aromatic nitrogens is 2. The smallest absolute Gasteiger partial charge is 0.310 e. The van der Waals surface area contributed by atoms with Crippen molar-refractivity contribution in [2.45, 2.75) is 59.3 Å². The number of benzene rings is 1. The zero-order chi connectivity index (χ0) is 25.5. The fourth-order valence-electron chi connectivity index (χ4n) is 4.24. The number of halogens is 1. The highest BCUT2D eigenvalue weighted by molar-refractivity contribution is 6.31. The molecule has 2 aromatic rings. The number of carbonyl (C=O) groups excluding carboxylic acids is 3. The molecule has 1 aliphatic rings. The van der Waals surface area contributed by atoms with E-state index in [9.17, 15) is 14.4 Å². The second kappa shape index (κ2) is 12.2. The number of carbonyl (C=O) groups is 3. The molecule has 3 rings (SSSR count). The van der Waals surface area contributed by atoms with Gasteiger partial charge < -0.3 is 14.5 Å². The normalized spacial score (nSPS) is 14.4. The van der Waals surface area contributed by atoms with Crippen molar-refractivity contribution >= 4 is 46.2 Å². The molecule has 0 atom stereocenters. The summed E-state index contributed by atoms with van der Waals surface area (Å²) in [6, 6.07) is 5.78. The van der Waals surface area contributed by atoms with Crippen LogP contribution in [-0.4, -0.2) is 65.8 Å². The zero-order valence-electron chi connectivity index (χ0n) is 21.0. The fourth-order valence-corrected chi connectivity index (χ4v) is 4.41. The van der Waals surface area contributed by atoms with Gasteiger partial charge in [-0.15, -0.1) is 0 Å². The van der Waals surface area contributed by atoms with E-state index < -0.39 is 11.9 Å². The van der Waals surface area contributed by atoms with E-state index >= 15 is 0 Å². The molecule has 1 saturated heterocycles. The SMILES string of the molecule is CC(=O)OC(C)=O.CCC(CC)(CC(C)=O)c1nc(N2CCN(C)CC2)nc2ccc(Cl)cc12. The summed E-state index contributed by atoms with van der Waals surface area (Å²) in [5, 5.41) is 1.63. The molecule has 0 bridgehead atoms. The summed E-state index contributed by atoms with van der Waals surface area (Å²) in [6.07, 6.45) is 2.19. The van der Waals surface area contributed by atoms with E-state index in [4.69, 9.17) is 21.6 Å². The lowest BCUT2D eigenvalue weighted by Crippen LogP contribution is -2.45. The van der Waals surface area contributed by atoms with Crippen LogP contribution in [0.2, 0.25) is 5.02 Å². The first-order valence-electron chi connectivity index (χ1n) is 11.6. The largest absolute Gasteiger partial charge is 0.394 e. The van der Waals surface area contributed by atoms with Crippen molar-refractivity contribution in [2.24, 2.45) is 0 Å². The number of hydrogen-bond acceptors (Lipinski definition) is 8. The third kappa shape index (κ3) is 7.21. The third-order valence-corrected chi connectivity index (χ3v) is 6.40. The number of likely N-dealkylation sites (N-methyl/N-ethyl adjacent to an activating group) is 1. The maximum atomic E-state index is 12.1. The highest BCUT2D eigenvalue weighted by Crippen LogP contribution is 2.39. The van der Waals surface area contributed by atoms with Gasteiger partial charge in [-0.3, -0.25) is 14.4 Å². The Labute approximate surface area is 206 Å². The zero-order valence-corrected chi connectivity index (χ0v) is 21.7. The van der Waals surface area contributed by atoms with Crippen molar-refractivity contribution in [3.05, 3.63) is 28.9 Å². The lowest BCUT2D eigenvalue weighted by molar-refractivity contribution is -0.156. The van der Waals surface area contributed by atoms with Crippen LogP contribution < -0.4 is 4.90 Å². The van der Waals surface area contributed by atoms with E-state index in [2.05, 4.69) is 35.4 Å². The van der Waals surface area contributed by atoms with Gasteiger partial charge >= 0.3 is 11.9 Å². The number of ketones is 1. The predicted molar refractivity (Wildman–Crippen MR) is 134 cm³/mol. The fraction of sp³-hybridized carbons (Fsp3) is 0.560. The van der Waals surface area contributed by atoms with Gasteiger partial charge in [0.25, 0.3) is 0 Å². The van der Waals surface area contributed by atoms with E-state index in [0.717, 1.165) is 61.6 Å². The van der Waals surface area contributed by atoms with Crippen LogP contribution in [0.15, 0.2) is 18.2 Å². The van der Waals surface area contributed by atoms with Crippen molar-refractivity contribution in [2.75, 3.05) is 38.1 Å². The van der Waals surface area contributed by atoms with Crippen molar-refractivity contribution in [3.63, 3.8) is 0 Å². The number of Topliss-reactive ketones (excluding diaryl/α,β-unsaturated/α-hetero) is 1. The monoisotopic (exact) mass is 490 g/mol. The van der Waals surface area contributed by atoms with Crippen LogP contribution in [0.4, 0.5) is 5.95 Å². The molecule has 0 radical (unpaired) electrons. The number of piperazine rings is 1. The summed E-state index contributed by atoms with van der Waals surface area (Å²) in [7, 11) is 2.14. The molecule has 0 N–H and O–H groups in total. The van der Waals surface area contributed by atoms with Crippen LogP contribution in [-0.2, 0) is 24.5 Å². The van der Waals surface area contributed by atoms with Crippen molar-refractivity contribution in [3.8, 4) is 0 Å². The second-order valence-corrected chi connectivity index (χ2v) is 9.21. The van der Waals surface area contributed by atoms with Crippen LogP contribution in [0.25, 0.3) is 10.9 Å². The molecule has 186 valence electrons. The van der Waals surface area contributed by atoms with Gasteiger partial charge in [-0.05, 0) is 45.0 Å². The summed E-state index contributed by atoms with van der Waals surface area (Å²) < 4.78 is 3.97. The predicted octanol–water partition coefficient (Wildman–Crippen LogP) is 4.17. The Morgan fingerprint density at radius 2 is 1.59 bits per heavy atom. The maximum absolute atomic E-state index is 12.1. The molecule has 2 heterocycles. The van der Waals surface area contributed by atoms with Gasteiger partial charge in [0.05, 0.1) is 11.2 Å². The summed E-state index contributed by atoms with van der Waals surface area (Å²) in [5.41, 5.74) is 1.57. The molecular formula is C25H35ClN4O4. The first-order chi connectivity index (χ1) is 16.0. The van der Waals surface area contributed by atoms with E-state index in [0.29, 0.717) is 11.4 Å². The highest BCUT2D eigenvalue weighted by atomic mass is 35.5.